The molecule has 0 spiro atoms. The van der Waals surface area contributed by atoms with Gasteiger partial charge in [0.1, 0.15) is 0 Å². The van der Waals surface area contributed by atoms with Gasteiger partial charge in [-0.05, 0) is 50.2 Å². The van der Waals surface area contributed by atoms with Gasteiger partial charge in [-0.2, -0.15) is 0 Å². The lowest BCUT2D eigenvalue weighted by atomic mass is 10.0. The number of Topliss-reactive ketones (excluding diaryl/α,β-unsaturated/α-hetero) is 1. The minimum atomic E-state index is 0.161. The SMILES string of the molecule is C=CN(C)C(C)Nc1ccc(C(=O)CCCC)c(C)c1. The largest absolute Gasteiger partial charge is 0.365 e. The van der Waals surface area contributed by atoms with Crippen molar-refractivity contribution in [3.05, 3.63) is 42.1 Å². The quantitative estimate of drug-likeness (QED) is 0.569. The third-order valence-electron chi connectivity index (χ3n) is 3.56. The first-order valence-corrected chi connectivity index (χ1v) is 7.24. The maximum Gasteiger partial charge on any atom is 0.163 e. The Kier molecular flexibility index (Phi) is 6.29. The minimum absolute atomic E-state index is 0.161. The highest BCUT2D eigenvalue weighted by atomic mass is 16.1. The first-order chi connectivity index (χ1) is 9.49. The molecule has 0 saturated carbocycles. The molecule has 0 aliphatic carbocycles. The van der Waals surface area contributed by atoms with Crippen LogP contribution in [-0.4, -0.2) is 23.9 Å². The third kappa shape index (κ3) is 4.41. The zero-order valence-electron chi connectivity index (χ0n) is 13.1. The summed E-state index contributed by atoms with van der Waals surface area (Å²) in [6, 6.07) is 5.93. The topological polar surface area (TPSA) is 32.3 Å². The van der Waals surface area contributed by atoms with Crippen molar-refractivity contribution in [2.24, 2.45) is 0 Å². The summed E-state index contributed by atoms with van der Waals surface area (Å²) in [6.07, 6.45) is 4.59. The number of carbonyl (C=O) groups is 1. The summed E-state index contributed by atoms with van der Waals surface area (Å²) in [5, 5.41) is 3.39. The molecule has 0 radical (unpaired) electrons. The molecule has 3 nitrogen and oxygen atoms in total. The van der Waals surface area contributed by atoms with Crippen molar-refractivity contribution in [3.63, 3.8) is 0 Å². The summed E-state index contributed by atoms with van der Waals surface area (Å²) in [5.41, 5.74) is 2.90. The molecule has 1 rings (SSSR count). The molecule has 1 atom stereocenters. The van der Waals surface area contributed by atoms with Crippen molar-refractivity contribution >= 4 is 11.5 Å². The highest BCUT2D eigenvalue weighted by molar-refractivity contribution is 5.97. The molecule has 0 aromatic heterocycles. The molecule has 0 aliphatic heterocycles. The number of benzene rings is 1. The van der Waals surface area contributed by atoms with Crippen LogP contribution in [0.15, 0.2) is 31.0 Å². The number of anilines is 1. The average molecular weight is 274 g/mol. The maximum atomic E-state index is 12.1. The Bertz CT molecular complexity index is 468. The van der Waals surface area contributed by atoms with Gasteiger partial charge in [0.15, 0.2) is 5.78 Å². The van der Waals surface area contributed by atoms with Gasteiger partial charge < -0.3 is 10.2 Å². The van der Waals surface area contributed by atoms with Crippen LogP contribution in [0.2, 0.25) is 0 Å². The minimum Gasteiger partial charge on any atom is -0.365 e. The van der Waals surface area contributed by atoms with E-state index < -0.39 is 0 Å². The zero-order valence-corrected chi connectivity index (χ0v) is 13.1. The molecule has 0 fully saturated rings. The molecule has 0 heterocycles. The summed E-state index contributed by atoms with van der Waals surface area (Å²) in [7, 11) is 1.97. The van der Waals surface area contributed by atoms with Crippen LogP contribution >= 0.6 is 0 Å². The van der Waals surface area contributed by atoms with Crippen LogP contribution in [0.4, 0.5) is 5.69 Å². The van der Waals surface area contributed by atoms with Crippen molar-refractivity contribution in [2.75, 3.05) is 12.4 Å². The lowest BCUT2D eigenvalue weighted by Crippen LogP contribution is -2.31. The Balaban J connectivity index is 2.77. The number of carbonyl (C=O) groups excluding carboxylic acids is 1. The molecule has 1 N–H and O–H groups in total. The summed E-state index contributed by atoms with van der Waals surface area (Å²) < 4.78 is 0. The Morgan fingerprint density at radius 2 is 2.20 bits per heavy atom. The molecule has 0 saturated heterocycles. The number of ketones is 1. The smallest absolute Gasteiger partial charge is 0.163 e. The predicted octanol–water partition coefficient (Wildman–Crippen LogP) is 4.20. The normalized spacial score (nSPS) is 11.8. The highest BCUT2D eigenvalue weighted by Crippen LogP contribution is 2.18. The van der Waals surface area contributed by atoms with Crippen molar-refractivity contribution in [1.82, 2.24) is 4.90 Å². The van der Waals surface area contributed by atoms with Crippen LogP contribution in [0, 0.1) is 6.92 Å². The number of hydrogen-bond donors (Lipinski definition) is 1. The second kappa shape index (κ2) is 7.73. The standard InChI is InChI=1S/C17H26N2O/c1-6-8-9-17(20)16-11-10-15(12-13(16)3)18-14(4)19(5)7-2/h7,10-12,14,18H,2,6,8-9H2,1,3-5H3. The zero-order chi connectivity index (χ0) is 15.1. The molecule has 0 bridgehead atoms. The summed E-state index contributed by atoms with van der Waals surface area (Å²) in [4.78, 5) is 14.1. The molecule has 0 aliphatic rings. The van der Waals surface area contributed by atoms with Crippen LogP contribution in [0.5, 0.6) is 0 Å². The van der Waals surface area contributed by atoms with Crippen molar-refractivity contribution in [3.8, 4) is 0 Å². The van der Waals surface area contributed by atoms with E-state index in [1.807, 2.05) is 37.1 Å². The van der Waals surface area contributed by atoms with Gasteiger partial charge in [-0.1, -0.05) is 19.9 Å². The lowest BCUT2D eigenvalue weighted by Gasteiger charge is -2.25. The number of nitrogens with one attached hydrogen (secondary N) is 1. The molecular weight excluding hydrogens is 248 g/mol. The van der Waals surface area contributed by atoms with Gasteiger partial charge in [-0.25, -0.2) is 0 Å². The number of nitrogens with zero attached hydrogens (tertiary/aromatic N) is 1. The molecule has 0 amide bonds. The van der Waals surface area contributed by atoms with E-state index in [9.17, 15) is 4.79 Å². The van der Waals surface area contributed by atoms with Crippen LogP contribution in [0.25, 0.3) is 0 Å². The lowest BCUT2D eigenvalue weighted by molar-refractivity contribution is 0.0979. The fourth-order valence-electron chi connectivity index (χ4n) is 2.04. The van der Waals surface area contributed by atoms with Gasteiger partial charge in [-0.15, -0.1) is 0 Å². The summed E-state index contributed by atoms with van der Waals surface area (Å²) in [6.45, 7) is 9.91. The fourth-order valence-corrected chi connectivity index (χ4v) is 2.04. The predicted molar refractivity (Wildman–Crippen MR) is 86.1 cm³/mol. The summed E-state index contributed by atoms with van der Waals surface area (Å²) >= 11 is 0. The van der Waals surface area contributed by atoms with Gasteiger partial charge in [0.2, 0.25) is 0 Å². The number of rotatable bonds is 8. The molecule has 110 valence electrons. The van der Waals surface area contributed by atoms with E-state index in [0.29, 0.717) is 6.42 Å². The first-order valence-electron chi connectivity index (χ1n) is 7.24. The molecule has 20 heavy (non-hydrogen) atoms. The maximum absolute atomic E-state index is 12.1. The third-order valence-corrected chi connectivity index (χ3v) is 3.56. The molecule has 1 aromatic rings. The molecule has 3 heteroatoms. The molecular formula is C17H26N2O. The Morgan fingerprint density at radius 3 is 2.75 bits per heavy atom. The molecule has 1 aromatic carbocycles. The van der Waals surface area contributed by atoms with E-state index in [-0.39, 0.29) is 11.9 Å². The number of aryl methyl sites for hydroxylation is 1. The summed E-state index contributed by atoms with van der Waals surface area (Å²) in [5.74, 6) is 0.243. The Hall–Kier alpha value is -1.77. The van der Waals surface area contributed by atoms with Crippen LogP contribution in [-0.2, 0) is 0 Å². The monoisotopic (exact) mass is 274 g/mol. The van der Waals surface area contributed by atoms with Crippen LogP contribution in [0.3, 0.4) is 0 Å². The Morgan fingerprint density at radius 1 is 1.50 bits per heavy atom. The second-order valence-corrected chi connectivity index (χ2v) is 5.22. The van der Waals surface area contributed by atoms with E-state index in [2.05, 4.69) is 25.7 Å². The van der Waals surface area contributed by atoms with Crippen molar-refractivity contribution in [1.29, 1.82) is 0 Å². The Labute approximate surface area is 122 Å². The van der Waals surface area contributed by atoms with Crippen molar-refractivity contribution < 1.29 is 4.79 Å². The van der Waals surface area contributed by atoms with Gasteiger partial charge in [0.05, 0.1) is 6.17 Å². The average Bonchev–Trinajstić information content (AvgIpc) is 2.43. The second-order valence-electron chi connectivity index (χ2n) is 5.22. The van der Waals surface area contributed by atoms with Gasteiger partial charge >= 0.3 is 0 Å². The van der Waals surface area contributed by atoms with Gasteiger partial charge in [0.25, 0.3) is 0 Å². The van der Waals surface area contributed by atoms with Crippen molar-refractivity contribution in [2.45, 2.75) is 46.2 Å². The van der Waals surface area contributed by atoms with Gasteiger partial charge in [0, 0.05) is 24.7 Å². The van der Waals surface area contributed by atoms with Gasteiger partial charge in [-0.3, -0.25) is 4.79 Å². The van der Waals surface area contributed by atoms with Crippen LogP contribution in [0.1, 0.15) is 49.0 Å². The first kappa shape index (κ1) is 16.3. The van der Waals surface area contributed by atoms with E-state index in [4.69, 9.17) is 0 Å². The number of hydrogen-bond acceptors (Lipinski definition) is 3. The molecule has 1 unspecified atom stereocenters. The van der Waals surface area contributed by atoms with E-state index >= 15 is 0 Å². The fraction of sp³-hybridized carbons (Fsp3) is 0.471. The van der Waals surface area contributed by atoms with E-state index in [0.717, 1.165) is 29.7 Å². The van der Waals surface area contributed by atoms with Crippen LogP contribution < -0.4 is 5.32 Å². The van der Waals surface area contributed by atoms with E-state index in [1.165, 1.54) is 0 Å². The van der Waals surface area contributed by atoms with E-state index in [1.54, 1.807) is 6.20 Å². The highest BCUT2D eigenvalue weighted by Gasteiger charge is 2.10. The number of unbranched alkanes of at least 4 members (excludes halogenated alkanes) is 1.